The molecule has 0 saturated heterocycles. The maximum atomic E-state index is 14.0. The summed E-state index contributed by atoms with van der Waals surface area (Å²) in [6, 6.07) is 10.8. The number of thiazole rings is 1. The molecule has 1 aromatic carbocycles. The number of methoxy groups -OCH3 is 1. The van der Waals surface area contributed by atoms with Crippen LogP contribution in [0.1, 0.15) is 42.4 Å². The van der Waals surface area contributed by atoms with Gasteiger partial charge in [0.25, 0.3) is 5.56 Å². The van der Waals surface area contributed by atoms with Gasteiger partial charge in [-0.1, -0.05) is 17.4 Å². The first kappa shape index (κ1) is 26.8. The monoisotopic (exact) mass is 606 g/mol. The van der Waals surface area contributed by atoms with Crippen LogP contribution in [0.15, 0.2) is 74.3 Å². The molecule has 0 radical (unpaired) electrons. The Morgan fingerprint density at radius 1 is 1.21 bits per heavy atom. The molecule has 0 spiro atoms. The Labute approximate surface area is 237 Å². The SMILES string of the molecule is CCOC(=O)C1=C(C)N=c2s/c(=C/c3cc(C)n(-c4cccnc4)c3C)c(=O)n2[C@H]1c1ccc(OC)c(Br)c1. The molecule has 1 atom stereocenters. The summed E-state index contributed by atoms with van der Waals surface area (Å²) in [5.41, 5.74) is 5.26. The van der Waals surface area contributed by atoms with Crippen LogP contribution in [-0.4, -0.2) is 33.8 Å². The minimum Gasteiger partial charge on any atom is -0.496 e. The third-order valence-corrected chi connectivity index (χ3v) is 8.27. The number of esters is 1. The lowest BCUT2D eigenvalue weighted by atomic mass is 9.96. The lowest BCUT2D eigenvalue weighted by Gasteiger charge is -2.25. The summed E-state index contributed by atoms with van der Waals surface area (Å²) >= 11 is 4.84. The number of hydrogen-bond donors (Lipinski definition) is 0. The van der Waals surface area contributed by atoms with Crippen LogP contribution >= 0.6 is 27.3 Å². The van der Waals surface area contributed by atoms with Gasteiger partial charge in [-0.2, -0.15) is 0 Å². The van der Waals surface area contributed by atoms with Crippen molar-refractivity contribution in [2.24, 2.45) is 4.99 Å². The molecule has 1 aliphatic heterocycles. The fraction of sp³-hybridized carbons (Fsp3) is 0.241. The summed E-state index contributed by atoms with van der Waals surface area (Å²) in [5, 5.41) is 0. The summed E-state index contributed by atoms with van der Waals surface area (Å²) in [6.45, 7) is 7.78. The van der Waals surface area contributed by atoms with Crippen molar-refractivity contribution >= 4 is 39.3 Å². The average molecular weight is 608 g/mol. The molecule has 0 aliphatic carbocycles. The second-order valence-corrected chi connectivity index (χ2v) is 10.9. The Kier molecular flexibility index (Phi) is 7.42. The van der Waals surface area contributed by atoms with E-state index in [1.807, 2.05) is 56.5 Å². The van der Waals surface area contributed by atoms with Crippen LogP contribution < -0.4 is 19.6 Å². The topological polar surface area (TPSA) is 87.7 Å². The van der Waals surface area contributed by atoms with Crippen LogP contribution in [0.5, 0.6) is 5.75 Å². The fourth-order valence-corrected chi connectivity index (χ4v) is 6.51. The number of pyridine rings is 1. The first-order chi connectivity index (χ1) is 18.7. The van der Waals surface area contributed by atoms with E-state index in [2.05, 4.69) is 30.5 Å². The van der Waals surface area contributed by atoms with Gasteiger partial charge in [-0.15, -0.1) is 0 Å². The Morgan fingerprint density at radius 3 is 2.67 bits per heavy atom. The van der Waals surface area contributed by atoms with Crippen molar-refractivity contribution in [3.05, 3.63) is 107 Å². The third kappa shape index (κ3) is 4.79. The summed E-state index contributed by atoms with van der Waals surface area (Å²) < 4.78 is 15.7. The molecule has 39 heavy (non-hydrogen) atoms. The Balaban J connectivity index is 1.71. The zero-order valence-corrected chi connectivity index (χ0v) is 24.6. The maximum absolute atomic E-state index is 14.0. The van der Waals surface area contributed by atoms with E-state index in [1.54, 1.807) is 37.8 Å². The first-order valence-corrected chi connectivity index (χ1v) is 14.0. The second-order valence-electron chi connectivity index (χ2n) is 9.07. The first-order valence-electron chi connectivity index (χ1n) is 12.4. The van der Waals surface area contributed by atoms with E-state index in [0.717, 1.165) is 28.2 Å². The normalized spacial score (nSPS) is 15.2. The molecule has 0 amide bonds. The van der Waals surface area contributed by atoms with Crippen LogP contribution in [0.25, 0.3) is 11.8 Å². The van der Waals surface area contributed by atoms with E-state index in [9.17, 15) is 9.59 Å². The Hall–Kier alpha value is -3.76. The molecule has 4 heterocycles. The van der Waals surface area contributed by atoms with Crippen LogP contribution in [0, 0.1) is 13.8 Å². The number of fused-ring (bicyclic) bond motifs is 1. The maximum Gasteiger partial charge on any atom is 0.338 e. The van der Waals surface area contributed by atoms with E-state index >= 15 is 0 Å². The molecule has 1 aliphatic rings. The predicted octanol–water partition coefficient (Wildman–Crippen LogP) is 4.37. The number of hydrogen-bond acceptors (Lipinski definition) is 7. The van der Waals surface area contributed by atoms with Gasteiger partial charge in [0.15, 0.2) is 4.80 Å². The second kappa shape index (κ2) is 10.8. The standard InChI is InChI=1S/C29H27BrN4O4S/c1-6-38-28(36)25-17(3)32-29-34(26(25)19-9-10-23(37-5)22(30)13-19)27(35)24(39-29)14-20-12-16(2)33(18(20)4)21-8-7-11-31-15-21/h7-15,26H,6H2,1-5H3/b24-14+/t26-/m0/s1. The van der Waals surface area contributed by atoms with Crippen molar-refractivity contribution in [2.75, 3.05) is 13.7 Å². The van der Waals surface area contributed by atoms with Gasteiger partial charge >= 0.3 is 5.97 Å². The van der Waals surface area contributed by atoms with Crippen LogP contribution in [0.3, 0.4) is 0 Å². The molecule has 0 fully saturated rings. The minimum atomic E-state index is -0.701. The van der Waals surface area contributed by atoms with E-state index in [4.69, 9.17) is 9.47 Å². The highest BCUT2D eigenvalue weighted by Crippen LogP contribution is 2.35. The smallest absolute Gasteiger partial charge is 0.338 e. The van der Waals surface area contributed by atoms with Crippen molar-refractivity contribution in [3.63, 3.8) is 0 Å². The summed E-state index contributed by atoms with van der Waals surface area (Å²) in [5.74, 6) is 0.151. The largest absolute Gasteiger partial charge is 0.496 e. The number of nitrogens with zero attached hydrogens (tertiary/aromatic N) is 4. The highest BCUT2D eigenvalue weighted by atomic mass is 79.9. The molecule has 0 saturated carbocycles. The quantitative estimate of drug-likeness (QED) is 0.304. The van der Waals surface area contributed by atoms with Crippen LogP contribution in [0.4, 0.5) is 0 Å². The zero-order valence-electron chi connectivity index (χ0n) is 22.2. The number of aryl methyl sites for hydroxylation is 1. The molecular weight excluding hydrogens is 580 g/mol. The number of benzene rings is 1. The molecule has 0 unspecified atom stereocenters. The van der Waals surface area contributed by atoms with Gasteiger partial charge in [-0.3, -0.25) is 14.3 Å². The molecule has 200 valence electrons. The highest BCUT2D eigenvalue weighted by molar-refractivity contribution is 9.10. The van der Waals surface area contributed by atoms with Gasteiger partial charge in [0.1, 0.15) is 5.75 Å². The minimum absolute atomic E-state index is 0.214. The number of aromatic nitrogens is 3. The van der Waals surface area contributed by atoms with Gasteiger partial charge in [0.05, 0.1) is 51.9 Å². The molecule has 0 N–H and O–H groups in total. The highest BCUT2D eigenvalue weighted by Gasteiger charge is 2.33. The summed E-state index contributed by atoms with van der Waals surface area (Å²) in [7, 11) is 1.59. The molecule has 5 rings (SSSR count). The van der Waals surface area contributed by atoms with Crippen LogP contribution in [0.2, 0.25) is 0 Å². The summed E-state index contributed by atoms with van der Waals surface area (Å²) in [4.78, 5) is 36.5. The van der Waals surface area contributed by atoms with Gasteiger partial charge in [0, 0.05) is 17.6 Å². The molecular formula is C29H27BrN4O4S. The number of ether oxygens (including phenoxy) is 2. The number of allylic oxidation sites excluding steroid dienone is 1. The summed E-state index contributed by atoms with van der Waals surface area (Å²) in [6.07, 6.45) is 5.44. The van der Waals surface area contributed by atoms with E-state index in [0.29, 0.717) is 30.8 Å². The van der Waals surface area contributed by atoms with Crippen LogP contribution in [-0.2, 0) is 9.53 Å². The predicted molar refractivity (Wildman–Crippen MR) is 154 cm³/mol. The third-order valence-electron chi connectivity index (χ3n) is 6.67. The van der Waals surface area contributed by atoms with Crippen molar-refractivity contribution in [1.82, 2.24) is 14.1 Å². The van der Waals surface area contributed by atoms with Crippen molar-refractivity contribution in [2.45, 2.75) is 33.7 Å². The van der Waals surface area contributed by atoms with Gasteiger partial charge in [-0.25, -0.2) is 9.79 Å². The molecule has 8 nitrogen and oxygen atoms in total. The fourth-order valence-electron chi connectivity index (χ4n) is 4.92. The number of rotatable bonds is 6. The van der Waals surface area contributed by atoms with Crippen molar-refractivity contribution in [1.29, 1.82) is 0 Å². The average Bonchev–Trinajstić information content (AvgIpc) is 3.37. The Bertz CT molecular complexity index is 1800. The molecule has 3 aromatic heterocycles. The van der Waals surface area contributed by atoms with Crippen molar-refractivity contribution < 1.29 is 14.3 Å². The van der Waals surface area contributed by atoms with Gasteiger partial charge < -0.3 is 14.0 Å². The molecule has 10 heteroatoms. The lowest BCUT2D eigenvalue weighted by Crippen LogP contribution is -2.40. The van der Waals surface area contributed by atoms with Crippen molar-refractivity contribution in [3.8, 4) is 11.4 Å². The molecule has 0 bridgehead atoms. The van der Waals surface area contributed by atoms with Gasteiger partial charge in [0.2, 0.25) is 0 Å². The zero-order chi connectivity index (χ0) is 27.8. The van der Waals surface area contributed by atoms with E-state index < -0.39 is 12.0 Å². The molecule has 4 aromatic rings. The van der Waals surface area contributed by atoms with E-state index in [-0.39, 0.29) is 12.2 Å². The number of halogens is 1. The number of carbonyl (C=O) groups is 1. The number of carbonyl (C=O) groups excluding carboxylic acids is 1. The Morgan fingerprint density at radius 2 is 2.00 bits per heavy atom. The van der Waals surface area contributed by atoms with Gasteiger partial charge in [-0.05, 0) is 91.2 Å². The van der Waals surface area contributed by atoms with E-state index in [1.165, 1.54) is 11.3 Å². The lowest BCUT2D eigenvalue weighted by molar-refractivity contribution is -0.139.